The molecule has 2 atom stereocenters. The zero-order chi connectivity index (χ0) is 21.0. The molecular formula is C18H22BrN4O5S-. The van der Waals surface area contributed by atoms with Gasteiger partial charge in [0.05, 0.1) is 41.8 Å². The smallest absolute Gasteiger partial charge is 0.327 e. The van der Waals surface area contributed by atoms with E-state index in [4.69, 9.17) is 9.47 Å². The maximum atomic E-state index is 12.2. The minimum atomic E-state index is -2.53. The third-order valence-electron chi connectivity index (χ3n) is 4.59. The molecule has 2 aromatic heterocycles. The van der Waals surface area contributed by atoms with Gasteiger partial charge in [0.25, 0.3) is 0 Å². The first-order valence-electron chi connectivity index (χ1n) is 9.33. The molecule has 3 rings (SSSR count). The van der Waals surface area contributed by atoms with Crippen LogP contribution in [0.2, 0.25) is 0 Å². The zero-order valence-corrected chi connectivity index (χ0v) is 18.6. The molecule has 0 aromatic carbocycles. The van der Waals surface area contributed by atoms with Gasteiger partial charge < -0.3 is 14.0 Å². The number of carbonyl (C=O) groups excluding carboxylic acids is 1. The van der Waals surface area contributed by atoms with Crippen LogP contribution in [0.1, 0.15) is 44.0 Å². The highest BCUT2D eigenvalue weighted by atomic mass is 79.9. The molecule has 1 aliphatic rings. The van der Waals surface area contributed by atoms with E-state index < -0.39 is 17.3 Å². The number of anilines is 1. The summed E-state index contributed by atoms with van der Waals surface area (Å²) < 4.78 is 38.2. The van der Waals surface area contributed by atoms with Crippen LogP contribution in [0.4, 0.5) is 5.69 Å². The maximum Gasteiger partial charge on any atom is 0.327 e. The fourth-order valence-corrected chi connectivity index (χ4v) is 4.60. The van der Waals surface area contributed by atoms with E-state index in [0.717, 1.165) is 24.1 Å². The van der Waals surface area contributed by atoms with Crippen LogP contribution < -0.4 is 9.04 Å². The topological polar surface area (TPSA) is 110 Å². The molecule has 0 bridgehead atoms. The second-order valence-corrected chi connectivity index (χ2v) is 8.06. The van der Waals surface area contributed by atoms with Crippen LogP contribution in [0.3, 0.4) is 0 Å². The molecule has 2 unspecified atom stereocenters. The lowest BCUT2D eigenvalue weighted by Crippen LogP contribution is -2.33. The summed E-state index contributed by atoms with van der Waals surface area (Å²) in [6.45, 7) is 4.35. The molecule has 0 amide bonds. The van der Waals surface area contributed by atoms with Crippen molar-refractivity contribution < 1.29 is 23.0 Å². The number of hydrogen-bond donors (Lipinski definition) is 0. The number of aromatic nitrogens is 3. The summed E-state index contributed by atoms with van der Waals surface area (Å²) in [5.41, 5.74) is 2.06. The monoisotopic (exact) mass is 485 g/mol. The zero-order valence-electron chi connectivity index (χ0n) is 16.2. The van der Waals surface area contributed by atoms with E-state index in [1.165, 1.54) is 10.5 Å². The normalized spacial score (nSPS) is 16.8. The SMILES string of the molecule is CCOC(=O)Cn1ncc2c1CCCC2N(c1cnc(OCC)c(Br)c1)S(=O)[O-]. The van der Waals surface area contributed by atoms with Crippen molar-refractivity contribution in [3.63, 3.8) is 0 Å². The van der Waals surface area contributed by atoms with E-state index in [1.807, 2.05) is 6.92 Å². The molecular weight excluding hydrogens is 464 g/mol. The van der Waals surface area contributed by atoms with Gasteiger partial charge in [-0.1, -0.05) is 0 Å². The highest BCUT2D eigenvalue weighted by Gasteiger charge is 2.31. The molecule has 11 heteroatoms. The molecule has 9 nitrogen and oxygen atoms in total. The van der Waals surface area contributed by atoms with Gasteiger partial charge in [-0.05, 0) is 55.1 Å². The summed E-state index contributed by atoms with van der Waals surface area (Å²) in [5, 5.41) is 4.30. The molecule has 0 radical (unpaired) electrons. The molecule has 0 N–H and O–H groups in total. The number of pyridine rings is 1. The van der Waals surface area contributed by atoms with Crippen LogP contribution in [-0.2, 0) is 33.8 Å². The number of carbonyl (C=O) groups is 1. The molecule has 0 spiro atoms. The van der Waals surface area contributed by atoms with Crippen LogP contribution in [0.5, 0.6) is 5.88 Å². The first-order valence-corrected chi connectivity index (χ1v) is 11.2. The molecule has 0 saturated heterocycles. The van der Waals surface area contributed by atoms with Crippen molar-refractivity contribution in [2.75, 3.05) is 17.5 Å². The number of nitrogens with zero attached hydrogens (tertiary/aromatic N) is 4. The number of hydrogen-bond acceptors (Lipinski definition) is 7. The Bertz CT molecular complexity index is 906. The van der Waals surface area contributed by atoms with E-state index in [1.54, 1.807) is 23.9 Å². The van der Waals surface area contributed by atoms with Gasteiger partial charge in [-0.3, -0.25) is 18.0 Å². The van der Waals surface area contributed by atoms with E-state index in [-0.39, 0.29) is 12.5 Å². The van der Waals surface area contributed by atoms with Crippen molar-refractivity contribution in [2.45, 2.75) is 45.7 Å². The Morgan fingerprint density at radius 1 is 1.41 bits per heavy atom. The highest BCUT2D eigenvalue weighted by molar-refractivity contribution is 9.10. The number of ether oxygens (including phenoxy) is 2. The van der Waals surface area contributed by atoms with E-state index in [9.17, 15) is 13.6 Å². The average Bonchev–Trinajstić information content (AvgIpc) is 3.08. The van der Waals surface area contributed by atoms with Crippen molar-refractivity contribution in [2.24, 2.45) is 0 Å². The lowest BCUT2D eigenvalue weighted by Gasteiger charge is -2.36. The predicted molar refractivity (Wildman–Crippen MR) is 109 cm³/mol. The highest BCUT2D eigenvalue weighted by Crippen LogP contribution is 2.39. The lowest BCUT2D eigenvalue weighted by molar-refractivity contribution is -0.144. The fraction of sp³-hybridized carbons (Fsp3) is 0.500. The minimum absolute atomic E-state index is 0.00646. The third-order valence-corrected chi connectivity index (χ3v) is 5.94. The van der Waals surface area contributed by atoms with E-state index >= 15 is 0 Å². The summed E-state index contributed by atoms with van der Waals surface area (Å²) >= 11 is 0.855. The molecule has 2 aromatic rings. The molecule has 1 aliphatic carbocycles. The van der Waals surface area contributed by atoms with Gasteiger partial charge in [-0.25, -0.2) is 4.98 Å². The number of fused-ring (bicyclic) bond motifs is 1. The van der Waals surface area contributed by atoms with Crippen molar-refractivity contribution in [1.82, 2.24) is 14.8 Å². The van der Waals surface area contributed by atoms with Crippen LogP contribution in [0.25, 0.3) is 0 Å². The van der Waals surface area contributed by atoms with Gasteiger partial charge in [-0.2, -0.15) is 5.10 Å². The van der Waals surface area contributed by atoms with E-state index in [0.29, 0.717) is 35.7 Å². The number of esters is 1. The van der Waals surface area contributed by atoms with Crippen LogP contribution in [0, 0.1) is 0 Å². The predicted octanol–water partition coefficient (Wildman–Crippen LogP) is 2.68. The standard InChI is InChI=1S/C18H23BrN4O5S/c1-3-27-17(24)11-22-15-6-5-7-16(13(15)10-21-22)23(29(25)26)12-8-14(19)18(20-9-12)28-4-2/h8-10,16H,3-7,11H2,1-2H3,(H,25,26)/p-1. The Morgan fingerprint density at radius 2 is 2.21 bits per heavy atom. The van der Waals surface area contributed by atoms with Crippen molar-refractivity contribution in [1.29, 1.82) is 0 Å². The van der Waals surface area contributed by atoms with Gasteiger partial charge in [0.2, 0.25) is 5.88 Å². The summed E-state index contributed by atoms with van der Waals surface area (Å²) in [5.74, 6) is 0.0314. The van der Waals surface area contributed by atoms with Crippen LogP contribution in [0.15, 0.2) is 22.9 Å². The fourth-order valence-electron chi connectivity index (χ4n) is 3.45. The summed E-state index contributed by atoms with van der Waals surface area (Å²) in [4.78, 5) is 16.1. The Kier molecular flexibility index (Phi) is 7.25. The molecule has 2 heterocycles. The minimum Gasteiger partial charge on any atom is -0.755 e. The van der Waals surface area contributed by atoms with Gasteiger partial charge in [0.1, 0.15) is 6.54 Å². The lowest BCUT2D eigenvalue weighted by atomic mass is 9.92. The molecule has 0 fully saturated rings. The largest absolute Gasteiger partial charge is 0.755 e. The van der Waals surface area contributed by atoms with Crippen LogP contribution >= 0.6 is 15.9 Å². The molecule has 0 saturated carbocycles. The quantitative estimate of drug-likeness (QED) is 0.417. The first kappa shape index (κ1) is 21.7. The summed E-state index contributed by atoms with van der Waals surface area (Å²) in [7, 11) is 0. The second-order valence-electron chi connectivity index (χ2n) is 6.37. The average molecular weight is 486 g/mol. The summed E-state index contributed by atoms with van der Waals surface area (Å²) in [6.07, 6.45) is 5.23. The third kappa shape index (κ3) is 4.78. The van der Waals surface area contributed by atoms with Gasteiger partial charge in [-0.15, -0.1) is 0 Å². The van der Waals surface area contributed by atoms with Crippen LogP contribution in [-0.4, -0.2) is 42.7 Å². The first-order chi connectivity index (χ1) is 14.0. The Balaban J connectivity index is 1.93. The Labute approximate surface area is 179 Å². The Morgan fingerprint density at radius 3 is 2.86 bits per heavy atom. The summed E-state index contributed by atoms with van der Waals surface area (Å²) in [6, 6.07) is 1.24. The molecule has 29 heavy (non-hydrogen) atoms. The number of rotatable bonds is 8. The van der Waals surface area contributed by atoms with Gasteiger partial charge >= 0.3 is 5.97 Å². The van der Waals surface area contributed by atoms with E-state index in [2.05, 4.69) is 26.0 Å². The Hall–Kier alpha value is -1.98. The van der Waals surface area contributed by atoms with Gasteiger partial charge in [0.15, 0.2) is 0 Å². The molecule has 0 aliphatic heterocycles. The maximum absolute atomic E-state index is 12.2. The van der Waals surface area contributed by atoms with Crippen molar-refractivity contribution in [3.8, 4) is 5.88 Å². The van der Waals surface area contributed by atoms with Crippen molar-refractivity contribution >= 4 is 38.9 Å². The van der Waals surface area contributed by atoms with Gasteiger partial charge in [0, 0.05) is 22.5 Å². The number of halogens is 1. The van der Waals surface area contributed by atoms with Crippen molar-refractivity contribution in [3.05, 3.63) is 34.2 Å². The second kappa shape index (κ2) is 9.68. The molecule has 158 valence electrons.